The molecule has 106 valence electrons. The van der Waals surface area contributed by atoms with E-state index in [-0.39, 0.29) is 18.4 Å². The van der Waals surface area contributed by atoms with Crippen molar-refractivity contribution < 1.29 is 19.1 Å². The van der Waals surface area contributed by atoms with Gasteiger partial charge in [-0.05, 0) is 34.6 Å². The summed E-state index contributed by atoms with van der Waals surface area (Å²) in [5, 5.41) is 2.59. The lowest BCUT2D eigenvalue weighted by Gasteiger charge is -2.27. The summed E-state index contributed by atoms with van der Waals surface area (Å²) in [7, 11) is 0. The minimum atomic E-state index is -0.752. The maximum Gasteiger partial charge on any atom is 0.407 e. The van der Waals surface area contributed by atoms with Crippen LogP contribution in [-0.4, -0.2) is 29.8 Å². The maximum atomic E-state index is 11.5. The molecule has 0 bridgehead atoms. The lowest BCUT2D eigenvalue weighted by molar-refractivity contribution is -0.159. The van der Waals surface area contributed by atoms with E-state index in [4.69, 9.17) is 9.47 Å². The fourth-order valence-corrected chi connectivity index (χ4v) is 1.03. The number of hydrogen-bond acceptors (Lipinski definition) is 4. The number of carbonyl (C=O) groups is 2. The van der Waals surface area contributed by atoms with Gasteiger partial charge >= 0.3 is 12.1 Å². The van der Waals surface area contributed by atoms with Gasteiger partial charge in [-0.3, -0.25) is 4.79 Å². The van der Waals surface area contributed by atoms with Crippen LogP contribution in [0.4, 0.5) is 4.79 Å². The van der Waals surface area contributed by atoms with Crippen LogP contribution in [0, 0.1) is 5.92 Å². The summed E-state index contributed by atoms with van der Waals surface area (Å²) in [5.41, 5.74) is -1.29. The molecule has 18 heavy (non-hydrogen) atoms. The minimum Gasteiger partial charge on any atom is -0.458 e. The van der Waals surface area contributed by atoms with Crippen LogP contribution in [0.3, 0.4) is 0 Å². The molecule has 0 fully saturated rings. The fraction of sp³-hybridized carbons (Fsp3) is 0.846. The van der Waals surface area contributed by atoms with Gasteiger partial charge in [0.05, 0.1) is 12.5 Å². The number of ether oxygens (including phenoxy) is 2. The van der Waals surface area contributed by atoms with Crippen molar-refractivity contribution in [3.63, 3.8) is 0 Å². The molecule has 0 unspecified atom stereocenters. The normalized spacial score (nSPS) is 12.2. The highest BCUT2D eigenvalue weighted by atomic mass is 16.6. The van der Waals surface area contributed by atoms with Crippen LogP contribution in [-0.2, 0) is 14.3 Å². The molecule has 0 aromatic rings. The topological polar surface area (TPSA) is 64.6 Å². The van der Waals surface area contributed by atoms with Crippen LogP contribution in [0.1, 0.15) is 48.5 Å². The smallest absolute Gasteiger partial charge is 0.407 e. The Balaban J connectivity index is 4.19. The third-order valence-corrected chi connectivity index (χ3v) is 1.91. The summed E-state index contributed by atoms with van der Waals surface area (Å²) in [6.45, 7) is 12.6. The van der Waals surface area contributed by atoms with Crippen LogP contribution < -0.4 is 5.32 Å². The monoisotopic (exact) mass is 259 g/mol. The van der Waals surface area contributed by atoms with Gasteiger partial charge in [-0.2, -0.15) is 0 Å². The molecule has 0 heterocycles. The second-order valence-corrected chi connectivity index (χ2v) is 6.19. The molecule has 0 aromatic carbocycles. The van der Waals surface area contributed by atoms with Gasteiger partial charge in [0.25, 0.3) is 0 Å². The highest BCUT2D eigenvalue weighted by molar-refractivity contribution is 5.72. The quantitative estimate of drug-likeness (QED) is 0.788. The lowest BCUT2D eigenvalue weighted by Crippen LogP contribution is -2.44. The van der Waals surface area contributed by atoms with Crippen molar-refractivity contribution in [3.8, 4) is 0 Å². The zero-order chi connectivity index (χ0) is 14.6. The molecule has 1 N–H and O–H groups in total. The Morgan fingerprint density at radius 2 is 1.56 bits per heavy atom. The fourth-order valence-electron chi connectivity index (χ4n) is 1.03. The molecule has 5 heteroatoms. The third-order valence-electron chi connectivity index (χ3n) is 1.91. The summed E-state index contributed by atoms with van der Waals surface area (Å²) in [6.07, 6.45) is -0.517. The first-order valence-electron chi connectivity index (χ1n) is 6.13. The van der Waals surface area contributed by atoms with Crippen molar-refractivity contribution >= 4 is 12.1 Å². The molecule has 0 aliphatic carbocycles. The zero-order valence-electron chi connectivity index (χ0n) is 12.4. The maximum absolute atomic E-state index is 11.5. The summed E-state index contributed by atoms with van der Waals surface area (Å²) in [6, 6.07) is 0. The molecule has 0 saturated heterocycles. The highest BCUT2D eigenvalue weighted by Gasteiger charge is 2.26. The van der Waals surface area contributed by atoms with Gasteiger partial charge in [-0.25, -0.2) is 4.79 Å². The van der Waals surface area contributed by atoms with E-state index in [1.54, 1.807) is 48.5 Å². The number of esters is 1. The molecule has 0 aliphatic heterocycles. The largest absolute Gasteiger partial charge is 0.458 e. The van der Waals surface area contributed by atoms with Gasteiger partial charge in [0.15, 0.2) is 0 Å². The summed E-state index contributed by atoms with van der Waals surface area (Å²) >= 11 is 0. The van der Waals surface area contributed by atoms with Crippen molar-refractivity contribution in [3.05, 3.63) is 0 Å². The third kappa shape index (κ3) is 7.92. The summed E-state index contributed by atoms with van der Waals surface area (Å²) in [4.78, 5) is 22.9. The number of alkyl carbamates (subject to hydrolysis) is 1. The van der Waals surface area contributed by atoms with Crippen molar-refractivity contribution in [1.29, 1.82) is 0 Å². The predicted molar refractivity (Wildman–Crippen MR) is 69.2 cm³/mol. The molecule has 0 aliphatic rings. The number of amides is 1. The van der Waals surface area contributed by atoms with Crippen molar-refractivity contribution in [1.82, 2.24) is 5.32 Å². The SMILES string of the molecule is CC(C)C(=O)OC(C)(C)CNC(=O)OC(C)(C)C. The molecule has 0 saturated carbocycles. The molecule has 5 nitrogen and oxygen atoms in total. The minimum absolute atomic E-state index is 0.189. The Morgan fingerprint density at radius 3 is 1.94 bits per heavy atom. The average molecular weight is 259 g/mol. The van der Waals surface area contributed by atoms with E-state index in [0.29, 0.717) is 0 Å². The van der Waals surface area contributed by atoms with Crippen molar-refractivity contribution in [2.45, 2.75) is 59.7 Å². The highest BCUT2D eigenvalue weighted by Crippen LogP contribution is 2.12. The number of rotatable bonds is 4. The van der Waals surface area contributed by atoms with E-state index in [9.17, 15) is 9.59 Å². The van der Waals surface area contributed by atoms with E-state index in [0.717, 1.165) is 0 Å². The second-order valence-electron chi connectivity index (χ2n) is 6.19. The van der Waals surface area contributed by atoms with Gasteiger partial charge in [0.2, 0.25) is 0 Å². The van der Waals surface area contributed by atoms with Gasteiger partial charge in [0, 0.05) is 0 Å². The van der Waals surface area contributed by atoms with E-state index < -0.39 is 17.3 Å². The van der Waals surface area contributed by atoms with Gasteiger partial charge in [-0.1, -0.05) is 13.8 Å². The predicted octanol–water partition coefficient (Wildman–Crippen LogP) is 2.49. The Bertz CT molecular complexity index is 303. The molecular formula is C13H25NO4. The molecular weight excluding hydrogens is 234 g/mol. The van der Waals surface area contributed by atoms with Crippen molar-refractivity contribution in [2.24, 2.45) is 5.92 Å². The average Bonchev–Trinajstić information content (AvgIpc) is 2.11. The molecule has 0 radical (unpaired) electrons. The summed E-state index contributed by atoms with van der Waals surface area (Å²) < 4.78 is 10.4. The molecule has 0 aromatic heterocycles. The van der Waals surface area contributed by atoms with Crippen LogP contribution in [0.5, 0.6) is 0 Å². The van der Waals surface area contributed by atoms with E-state index in [1.807, 2.05) is 0 Å². The molecule has 0 spiro atoms. The molecule has 0 atom stereocenters. The van der Waals surface area contributed by atoms with E-state index >= 15 is 0 Å². The summed E-state index contributed by atoms with van der Waals surface area (Å²) in [5.74, 6) is -0.475. The number of nitrogens with one attached hydrogen (secondary N) is 1. The van der Waals surface area contributed by atoms with E-state index in [2.05, 4.69) is 5.32 Å². The van der Waals surface area contributed by atoms with Gasteiger partial charge < -0.3 is 14.8 Å². The Labute approximate surface area is 109 Å². The van der Waals surface area contributed by atoms with Gasteiger partial charge in [0.1, 0.15) is 11.2 Å². The molecule has 0 rings (SSSR count). The standard InChI is InChI=1S/C13H25NO4/c1-9(2)10(15)17-13(6,7)8-14-11(16)18-12(3,4)5/h9H,8H2,1-7H3,(H,14,16). The molecule has 1 amide bonds. The van der Waals surface area contributed by atoms with Crippen LogP contribution in [0.15, 0.2) is 0 Å². The zero-order valence-corrected chi connectivity index (χ0v) is 12.4. The number of hydrogen-bond donors (Lipinski definition) is 1. The number of carbonyl (C=O) groups excluding carboxylic acids is 2. The van der Waals surface area contributed by atoms with E-state index in [1.165, 1.54) is 0 Å². The first-order chi connectivity index (χ1) is 7.93. The first-order valence-corrected chi connectivity index (χ1v) is 6.13. The van der Waals surface area contributed by atoms with Crippen LogP contribution >= 0.6 is 0 Å². The Hall–Kier alpha value is -1.26. The second kappa shape index (κ2) is 6.07. The Morgan fingerprint density at radius 1 is 1.06 bits per heavy atom. The first kappa shape index (κ1) is 16.7. The van der Waals surface area contributed by atoms with Crippen LogP contribution in [0.25, 0.3) is 0 Å². The van der Waals surface area contributed by atoms with Gasteiger partial charge in [-0.15, -0.1) is 0 Å². The van der Waals surface area contributed by atoms with Crippen molar-refractivity contribution in [2.75, 3.05) is 6.54 Å². The Kier molecular flexibility index (Phi) is 5.64. The lowest BCUT2D eigenvalue weighted by atomic mass is 10.1. The van der Waals surface area contributed by atoms with Crippen LogP contribution in [0.2, 0.25) is 0 Å².